The highest BCUT2D eigenvalue weighted by atomic mass is 35.5. The van der Waals surface area contributed by atoms with Gasteiger partial charge in [0.1, 0.15) is 5.75 Å². The number of benzene rings is 3. The zero-order chi connectivity index (χ0) is 24.0. The summed E-state index contributed by atoms with van der Waals surface area (Å²) in [6.07, 6.45) is 0. The van der Waals surface area contributed by atoms with Gasteiger partial charge in [0.15, 0.2) is 0 Å². The number of rotatable bonds is 8. The third kappa shape index (κ3) is 6.47. The number of amides is 2. The van der Waals surface area contributed by atoms with Gasteiger partial charge in [-0.1, -0.05) is 23.7 Å². The number of carbonyl (C=O) groups is 2. The number of non-ortho nitro benzene ring substituents is 1. The van der Waals surface area contributed by atoms with Crippen molar-refractivity contribution in [3.63, 3.8) is 0 Å². The molecule has 0 aliphatic heterocycles. The van der Waals surface area contributed by atoms with E-state index in [4.69, 9.17) is 16.3 Å². The number of hydrogen-bond acceptors (Lipinski definition) is 6. The lowest BCUT2D eigenvalue weighted by Crippen LogP contribution is -2.22. The molecule has 8 nitrogen and oxygen atoms in total. The largest absolute Gasteiger partial charge is 0.495 e. The molecule has 0 aliphatic carbocycles. The molecule has 3 rings (SSSR count). The zero-order valence-corrected chi connectivity index (χ0v) is 19.3. The van der Waals surface area contributed by atoms with Gasteiger partial charge < -0.3 is 15.4 Å². The Balaban J connectivity index is 1.66. The summed E-state index contributed by atoms with van der Waals surface area (Å²) in [5.74, 6) is -0.220. The molecule has 0 aliphatic rings. The lowest BCUT2D eigenvalue weighted by Gasteiger charge is -2.15. The van der Waals surface area contributed by atoms with Gasteiger partial charge in [0.05, 0.1) is 23.0 Å². The minimum Gasteiger partial charge on any atom is -0.495 e. The number of carbonyl (C=O) groups excluding carboxylic acids is 2. The Morgan fingerprint density at radius 2 is 1.82 bits per heavy atom. The predicted octanol–water partition coefficient (Wildman–Crippen LogP) is 5.63. The molecule has 1 atom stereocenters. The first-order valence-electron chi connectivity index (χ1n) is 9.73. The third-order valence-electron chi connectivity index (χ3n) is 4.51. The molecule has 0 spiro atoms. The van der Waals surface area contributed by atoms with Crippen molar-refractivity contribution in [1.29, 1.82) is 0 Å². The molecule has 10 heteroatoms. The lowest BCUT2D eigenvalue weighted by atomic mass is 10.2. The minimum atomic E-state index is -0.556. The second-order valence-corrected chi connectivity index (χ2v) is 8.73. The van der Waals surface area contributed by atoms with Crippen LogP contribution in [0.1, 0.15) is 17.3 Å². The molecule has 2 amide bonds. The Kier molecular flexibility index (Phi) is 7.92. The summed E-state index contributed by atoms with van der Waals surface area (Å²) in [4.78, 5) is 36.3. The standard InChI is InChI=1S/C23H20ClN3O5S/c1-14(22(28)26-20-12-16(24)9-10-21(20)32-2)33-19-8-4-6-17(13-19)25-23(29)15-5-3-7-18(11-15)27(30)31/h3-14H,1-2H3,(H,25,29)(H,26,28). The van der Waals surface area contributed by atoms with Gasteiger partial charge in [-0.15, -0.1) is 11.8 Å². The van der Waals surface area contributed by atoms with E-state index in [1.807, 2.05) is 6.07 Å². The predicted molar refractivity (Wildman–Crippen MR) is 129 cm³/mol. The van der Waals surface area contributed by atoms with Crippen LogP contribution in [0.3, 0.4) is 0 Å². The maximum Gasteiger partial charge on any atom is 0.270 e. The maximum atomic E-state index is 12.7. The van der Waals surface area contributed by atoms with E-state index in [9.17, 15) is 19.7 Å². The highest BCUT2D eigenvalue weighted by Gasteiger charge is 2.17. The number of ether oxygens (including phenoxy) is 1. The quantitative estimate of drug-likeness (QED) is 0.243. The van der Waals surface area contributed by atoms with Crippen molar-refractivity contribution in [2.75, 3.05) is 17.7 Å². The number of hydrogen-bond donors (Lipinski definition) is 2. The van der Waals surface area contributed by atoms with Crippen molar-refractivity contribution in [3.8, 4) is 5.75 Å². The van der Waals surface area contributed by atoms with Crippen molar-refractivity contribution in [2.24, 2.45) is 0 Å². The van der Waals surface area contributed by atoms with E-state index in [0.717, 1.165) is 4.90 Å². The molecule has 0 saturated carbocycles. The molecule has 0 fully saturated rings. The summed E-state index contributed by atoms with van der Waals surface area (Å²) in [6.45, 7) is 1.76. The average molecular weight is 486 g/mol. The van der Waals surface area contributed by atoms with E-state index < -0.39 is 16.1 Å². The Bertz CT molecular complexity index is 1200. The van der Waals surface area contributed by atoms with Crippen molar-refractivity contribution in [3.05, 3.63) is 87.4 Å². The summed E-state index contributed by atoms with van der Waals surface area (Å²) in [5.41, 5.74) is 0.981. The van der Waals surface area contributed by atoms with Crippen LogP contribution in [-0.4, -0.2) is 29.1 Å². The van der Waals surface area contributed by atoms with Crippen LogP contribution >= 0.6 is 23.4 Å². The number of halogens is 1. The minimum absolute atomic E-state index is 0.164. The summed E-state index contributed by atoms with van der Waals surface area (Å²) in [7, 11) is 1.50. The van der Waals surface area contributed by atoms with Gasteiger partial charge in [0.25, 0.3) is 11.6 Å². The van der Waals surface area contributed by atoms with E-state index in [-0.39, 0.29) is 17.2 Å². The van der Waals surface area contributed by atoms with Gasteiger partial charge in [0, 0.05) is 33.3 Å². The van der Waals surface area contributed by atoms with E-state index in [2.05, 4.69) is 10.6 Å². The first kappa shape index (κ1) is 24.1. The van der Waals surface area contributed by atoms with Gasteiger partial charge in [-0.05, 0) is 49.4 Å². The highest BCUT2D eigenvalue weighted by molar-refractivity contribution is 8.00. The van der Waals surface area contributed by atoms with Gasteiger partial charge >= 0.3 is 0 Å². The van der Waals surface area contributed by atoms with Crippen molar-refractivity contribution in [2.45, 2.75) is 17.1 Å². The Morgan fingerprint density at radius 1 is 1.06 bits per heavy atom. The van der Waals surface area contributed by atoms with Crippen LogP contribution in [-0.2, 0) is 4.79 Å². The molecule has 0 aromatic heterocycles. The second-order valence-electron chi connectivity index (χ2n) is 6.88. The first-order chi connectivity index (χ1) is 15.8. The molecule has 3 aromatic carbocycles. The molecule has 0 saturated heterocycles. The van der Waals surface area contributed by atoms with E-state index in [0.29, 0.717) is 22.1 Å². The maximum absolute atomic E-state index is 12.7. The fourth-order valence-corrected chi connectivity index (χ4v) is 3.98. The number of nitrogens with one attached hydrogen (secondary N) is 2. The Hall–Kier alpha value is -3.56. The van der Waals surface area contributed by atoms with Crippen LogP contribution in [0.25, 0.3) is 0 Å². The summed E-state index contributed by atoms with van der Waals surface area (Å²) >= 11 is 7.32. The highest BCUT2D eigenvalue weighted by Crippen LogP contribution is 2.30. The number of nitro benzene ring substituents is 1. The van der Waals surface area contributed by atoms with Gasteiger partial charge in [-0.3, -0.25) is 19.7 Å². The monoisotopic (exact) mass is 485 g/mol. The van der Waals surface area contributed by atoms with E-state index in [1.165, 1.54) is 43.1 Å². The second kappa shape index (κ2) is 10.8. The fourth-order valence-electron chi connectivity index (χ4n) is 2.88. The molecule has 2 N–H and O–H groups in total. The number of thioether (sulfide) groups is 1. The molecule has 0 heterocycles. The molecule has 0 radical (unpaired) electrons. The topological polar surface area (TPSA) is 111 Å². The molecule has 1 unspecified atom stereocenters. The van der Waals surface area contributed by atoms with Crippen LogP contribution in [0.4, 0.5) is 17.1 Å². The van der Waals surface area contributed by atoms with Crippen molar-refractivity contribution >= 4 is 52.2 Å². The first-order valence-corrected chi connectivity index (χ1v) is 11.0. The Morgan fingerprint density at radius 3 is 2.55 bits per heavy atom. The van der Waals surface area contributed by atoms with Crippen molar-refractivity contribution in [1.82, 2.24) is 0 Å². The SMILES string of the molecule is COc1ccc(Cl)cc1NC(=O)C(C)Sc1cccc(NC(=O)c2cccc([N+](=O)[O-])c2)c1. The third-order valence-corrected chi connectivity index (χ3v) is 5.84. The lowest BCUT2D eigenvalue weighted by molar-refractivity contribution is -0.384. The van der Waals surface area contributed by atoms with Crippen molar-refractivity contribution < 1.29 is 19.2 Å². The van der Waals surface area contributed by atoms with Gasteiger partial charge in [-0.25, -0.2) is 0 Å². The van der Waals surface area contributed by atoms with Crippen LogP contribution in [0.5, 0.6) is 5.75 Å². The molecule has 33 heavy (non-hydrogen) atoms. The molecular weight excluding hydrogens is 466 g/mol. The average Bonchev–Trinajstić information content (AvgIpc) is 2.79. The number of nitrogens with zero attached hydrogens (tertiary/aromatic N) is 1. The van der Waals surface area contributed by atoms with Gasteiger partial charge in [-0.2, -0.15) is 0 Å². The van der Waals surface area contributed by atoms with E-state index in [1.54, 1.807) is 43.3 Å². The smallest absolute Gasteiger partial charge is 0.270 e. The summed E-state index contributed by atoms with van der Waals surface area (Å²) in [6, 6.07) is 17.4. The summed E-state index contributed by atoms with van der Waals surface area (Å²) in [5, 5.41) is 16.5. The normalized spacial score (nSPS) is 11.4. The van der Waals surface area contributed by atoms with Crippen LogP contribution in [0, 0.1) is 10.1 Å². The molecule has 3 aromatic rings. The number of anilines is 2. The number of nitro groups is 1. The van der Waals surface area contributed by atoms with E-state index >= 15 is 0 Å². The van der Waals surface area contributed by atoms with Gasteiger partial charge in [0.2, 0.25) is 5.91 Å². The molecular formula is C23H20ClN3O5S. The zero-order valence-electron chi connectivity index (χ0n) is 17.7. The van der Waals surface area contributed by atoms with Crippen LogP contribution in [0.2, 0.25) is 5.02 Å². The van der Waals surface area contributed by atoms with Crippen LogP contribution < -0.4 is 15.4 Å². The molecule has 0 bridgehead atoms. The number of methoxy groups -OCH3 is 1. The fraction of sp³-hybridized carbons (Fsp3) is 0.130. The van der Waals surface area contributed by atoms with Crippen LogP contribution in [0.15, 0.2) is 71.6 Å². The molecule has 170 valence electrons. The summed E-state index contributed by atoms with van der Waals surface area (Å²) < 4.78 is 5.25. The Labute approximate surface area is 199 Å².